The minimum atomic E-state index is -3.57. The lowest BCUT2D eigenvalue weighted by molar-refractivity contribution is -0.152. The van der Waals surface area contributed by atoms with Crippen LogP contribution in [-0.2, 0) is 9.84 Å². The van der Waals surface area contributed by atoms with Gasteiger partial charge in [-0.3, -0.25) is 0 Å². The average molecular weight is 599 g/mol. The molecular formula is C37H58O4S. The van der Waals surface area contributed by atoms with Gasteiger partial charge in [-0.25, -0.2) is 8.42 Å². The molecule has 5 heteroatoms. The molecule has 5 aliphatic carbocycles. The molecule has 0 heterocycles. The third-order valence-electron chi connectivity index (χ3n) is 14.3. The van der Waals surface area contributed by atoms with Crippen LogP contribution in [0.3, 0.4) is 0 Å². The number of aliphatic hydroxyl groups is 2. The van der Waals surface area contributed by atoms with Crippen molar-refractivity contribution in [2.24, 2.45) is 45.8 Å². The highest BCUT2D eigenvalue weighted by Crippen LogP contribution is 2.67. The van der Waals surface area contributed by atoms with Crippen molar-refractivity contribution < 1.29 is 18.6 Å². The highest BCUT2D eigenvalue weighted by Gasteiger charge is 2.59. The van der Waals surface area contributed by atoms with Crippen molar-refractivity contribution in [3.63, 3.8) is 0 Å². The quantitative estimate of drug-likeness (QED) is 0.345. The summed E-state index contributed by atoms with van der Waals surface area (Å²) in [4.78, 5) is 0.418. The Morgan fingerprint density at radius 2 is 1.48 bits per heavy atom. The Hall–Kier alpha value is -0.910. The molecule has 0 aliphatic heterocycles. The van der Waals surface area contributed by atoms with Crippen LogP contribution in [0.5, 0.6) is 0 Å². The zero-order chi connectivity index (χ0) is 30.0. The van der Waals surface area contributed by atoms with Gasteiger partial charge in [0.25, 0.3) is 0 Å². The number of hydrogen-bond donors (Lipinski definition) is 2. The molecule has 42 heavy (non-hydrogen) atoms. The molecular weight excluding hydrogens is 540 g/mol. The summed E-state index contributed by atoms with van der Waals surface area (Å²) in [6.07, 6.45) is 15.9. The van der Waals surface area contributed by atoms with Crippen molar-refractivity contribution >= 4 is 9.84 Å². The standard InChI is InChI=1S/C37H58O4S/c1-34(2)19-21-37(39,22-20-34)25-30(42(40,41)29-10-6-5-7-11-29)24-26-9-8-12-32-31-14-13-27-23-28(38)15-17-35(27,3)33(31)16-18-36(26,32)4/h5-7,10-11,26-28,30-33,38-39H,8-9,12-25H2,1-4H3/t26?,27?,28-,30?,31?,32?,33?,35?,36+/m0/s1. The Balaban J connectivity index is 1.27. The second-order valence-corrected chi connectivity index (χ2v) is 19.3. The Morgan fingerprint density at radius 3 is 2.19 bits per heavy atom. The first-order valence-corrected chi connectivity index (χ1v) is 19.0. The summed E-state index contributed by atoms with van der Waals surface area (Å²) in [7, 11) is -3.57. The van der Waals surface area contributed by atoms with Gasteiger partial charge in [0, 0.05) is 0 Å². The lowest BCUT2D eigenvalue weighted by Gasteiger charge is -2.64. The number of benzene rings is 1. The van der Waals surface area contributed by atoms with Crippen LogP contribution in [0.4, 0.5) is 0 Å². The summed E-state index contributed by atoms with van der Waals surface area (Å²) in [5, 5.41) is 21.7. The van der Waals surface area contributed by atoms with Crippen molar-refractivity contribution in [1.29, 1.82) is 0 Å². The van der Waals surface area contributed by atoms with Crippen LogP contribution in [0.25, 0.3) is 0 Å². The van der Waals surface area contributed by atoms with Gasteiger partial charge >= 0.3 is 0 Å². The van der Waals surface area contributed by atoms with Gasteiger partial charge in [-0.1, -0.05) is 52.3 Å². The van der Waals surface area contributed by atoms with Gasteiger partial charge in [-0.2, -0.15) is 0 Å². The topological polar surface area (TPSA) is 74.6 Å². The van der Waals surface area contributed by atoms with E-state index in [1.807, 2.05) is 18.2 Å². The van der Waals surface area contributed by atoms with Gasteiger partial charge in [0.05, 0.1) is 21.9 Å². The van der Waals surface area contributed by atoms with Crippen molar-refractivity contribution in [2.45, 2.75) is 152 Å². The van der Waals surface area contributed by atoms with E-state index < -0.39 is 20.7 Å². The average Bonchev–Trinajstić information content (AvgIpc) is 2.95. The van der Waals surface area contributed by atoms with Crippen molar-refractivity contribution in [1.82, 2.24) is 0 Å². The van der Waals surface area contributed by atoms with E-state index in [0.29, 0.717) is 53.7 Å². The number of hydrogen-bond acceptors (Lipinski definition) is 4. The van der Waals surface area contributed by atoms with E-state index in [4.69, 9.17) is 0 Å². The summed E-state index contributed by atoms with van der Waals surface area (Å²) >= 11 is 0. The fraction of sp³-hybridized carbons (Fsp3) is 0.838. The molecule has 0 saturated heterocycles. The van der Waals surface area contributed by atoms with E-state index in [2.05, 4.69) is 27.7 Å². The molecule has 0 amide bonds. The Labute approximate surface area is 256 Å². The summed E-state index contributed by atoms with van der Waals surface area (Å²) < 4.78 is 28.7. The van der Waals surface area contributed by atoms with Crippen LogP contribution in [0.2, 0.25) is 0 Å². The van der Waals surface area contributed by atoms with E-state index in [-0.39, 0.29) is 16.9 Å². The number of aliphatic hydroxyl groups excluding tert-OH is 1. The van der Waals surface area contributed by atoms with Crippen LogP contribution in [0.1, 0.15) is 130 Å². The zero-order valence-electron chi connectivity index (χ0n) is 26.9. The van der Waals surface area contributed by atoms with E-state index in [1.165, 1.54) is 44.9 Å². The summed E-state index contributed by atoms with van der Waals surface area (Å²) in [6.45, 7) is 9.62. The summed E-state index contributed by atoms with van der Waals surface area (Å²) in [6, 6.07) is 9.07. The molecule has 4 nitrogen and oxygen atoms in total. The van der Waals surface area contributed by atoms with E-state index in [0.717, 1.165) is 43.9 Å². The minimum Gasteiger partial charge on any atom is -0.393 e. The smallest absolute Gasteiger partial charge is 0.181 e. The van der Waals surface area contributed by atoms with Gasteiger partial charge in [0.1, 0.15) is 0 Å². The summed E-state index contributed by atoms with van der Waals surface area (Å²) in [5.41, 5.74) is -0.159. The first-order chi connectivity index (χ1) is 19.8. The Kier molecular flexibility index (Phi) is 8.26. The molecule has 9 atom stereocenters. The number of rotatable bonds is 6. The lowest BCUT2D eigenvalue weighted by Crippen LogP contribution is -2.56. The molecule has 1 aromatic rings. The van der Waals surface area contributed by atoms with Gasteiger partial charge < -0.3 is 10.2 Å². The monoisotopic (exact) mass is 598 g/mol. The predicted molar refractivity (Wildman–Crippen MR) is 170 cm³/mol. The van der Waals surface area contributed by atoms with E-state index >= 15 is 0 Å². The van der Waals surface area contributed by atoms with Crippen LogP contribution >= 0.6 is 0 Å². The SMILES string of the molecule is CC1(C)CCC(O)(CC(CC2CCCC3C4CCC5C[C@@H](O)CCC5(C)C4CC[C@]23C)S(=O)(=O)c2ccccc2)CC1. The second kappa shape index (κ2) is 11.2. The molecule has 6 rings (SSSR count). The maximum absolute atomic E-state index is 14.3. The molecule has 2 N–H and O–H groups in total. The van der Waals surface area contributed by atoms with E-state index in [1.54, 1.807) is 12.1 Å². The molecule has 5 aliphatic rings. The molecule has 0 radical (unpaired) electrons. The molecule has 0 aromatic heterocycles. The first-order valence-electron chi connectivity index (χ1n) is 17.5. The number of sulfone groups is 1. The fourth-order valence-corrected chi connectivity index (χ4v) is 13.3. The van der Waals surface area contributed by atoms with Crippen molar-refractivity contribution in [3.8, 4) is 0 Å². The molecule has 5 saturated carbocycles. The maximum atomic E-state index is 14.3. The van der Waals surface area contributed by atoms with E-state index in [9.17, 15) is 18.6 Å². The fourth-order valence-electron chi connectivity index (χ4n) is 11.4. The third-order valence-corrected chi connectivity index (χ3v) is 16.4. The minimum absolute atomic E-state index is 0.110. The highest BCUT2D eigenvalue weighted by atomic mass is 32.2. The lowest BCUT2D eigenvalue weighted by atomic mass is 9.41. The molecule has 7 unspecified atom stereocenters. The van der Waals surface area contributed by atoms with Crippen LogP contribution in [0, 0.1) is 45.8 Å². The van der Waals surface area contributed by atoms with Gasteiger partial charge in [0.15, 0.2) is 9.84 Å². The van der Waals surface area contributed by atoms with Crippen LogP contribution in [-0.4, -0.2) is 35.6 Å². The Morgan fingerprint density at radius 1 is 0.810 bits per heavy atom. The molecule has 0 bridgehead atoms. The Bertz CT molecular complexity index is 1200. The summed E-state index contributed by atoms with van der Waals surface area (Å²) in [5.74, 6) is 3.18. The normalized spacial score (nSPS) is 42.0. The van der Waals surface area contributed by atoms with Gasteiger partial charge in [-0.05, 0) is 154 Å². The van der Waals surface area contributed by atoms with Crippen molar-refractivity contribution in [2.75, 3.05) is 0 Å². The van der Waals surface area contributed by atoms with Crippen molar-refractivity contribution in [3.05, 3.63) is 30.3 Å². The largest absolute Gasteiger partial charge is 0.393 e. The molecule has 5 fully saturated rings. The first kappa shape index (κ1) is 31.1. The van der Waals surface area contributed by atoms with Gasteiger partial charge in [0.2, 0.25) is 0 Å². The maximum Gasteiger partial charge on any atom is 0.181 e. The second-order valence-electron chi connectivity index (χ2n) is 17.1. The third kappa shape index (κ3) is 5.55. The van der Waals surface area contributed by atoms with Crippen LogP contribution in [0.15, 0.2) is 35.2 Å². The highest BCUT2D eigenvalue weighted by molar-refractivity contribution is 7.92. The molecule has 0 spiro atoms. The number of fused-ring (bicyclic) bond motifs is 5. The van der Waals surface area contributed by atoms with Crippen LogP contribution < -0.4 is 0 Å². The molecule has 1 aromatic carbocycles. The molecule has 236 valence electrons. The van der Waals surface area contributed by atoms with Gasteiger partial charge in [-0.15, -0.1) is 0 Å². The zero-order valence-corrected chi connectivity index (χ0v) is 27.7. The predicted octanol–water partition coefficient (Wildman–Crippen LogP) is 8.35.